The van der Waals surface area contributed by atoms with Crippen LogP contribution >= 0.6 is 15.9 Å². The molecular formula is C15H21BrN6O3. The van der Waals surface area contributed by atoms with Gasteiger partial charge in [0.15, 0.2) is 0 Å². The Kier molecular flexibility index (Phi) is 6.29. The molecule has 0 spiro atoms. The Bertz CT molecular complexity index is 783. The minimum absolute atomic E-state index is 0.0311. The number of nitrogens with zero attached hydrogens (tertiary/aromatic N) is 5. The normalized spacial score (nSPS) is 10.9. The lowest BCUT2D eigenvalue weighted by Gasteiger charge is -2.07. The van der Waals surface area contributed by atoms with Crippen molar-refractivity contribution in [1.29, 1.82) is 0 Å². The van der Waals surface area contributed by atoms with Gasteiger partial charge in [-0.15, -0.1) is 0 Å². The summed E-state index contributed by atoms with van der Waals surface area (Å²) in [5.74, 6) is -0.105. The number of nitro groups is 1. The fourth-order valence-corrected chi connectivity index (χ4v) is 2.77. The van der Waals surface area contributed by atoms with Crippen molar-refractivity contribution in [2.75, 3.05) is 6.54 Å². The molecule has 10 heteroatoms. The van der Waals surface area contributed by atoms with Crippen LogP contribution in [0.1, 0.15) is 29.9 Å². The lowest BCUT2D eigenvalue weighted by atomic mass is 10.3. The van der Waals surface area contributed by atoms with E-state index >= 15 is 0 Å². The van der Waals surface area contributed by atoms with Gasteiger partial charge in [0.2, 0.25) is 5.91 Å². The van der Waals surface area contributed by atoms with Gasteiger partial charge in [-0.2, -0.15) is 10.2 Å². The summed E-state index contributed by atoms with van der Waals surface area (Å²) in [6, 6.07) is 0. The molecule has 0 radical (unpaired) electrons. The van der Waals surface area contributed by atoms with E-state index in [9.17, 15) is 14.9 Å². The van der Waals surface area contributed by atoms with Crippen LogP contribution in [0.2, 0.25) is 0 Å². The standard InChI is InChI=1S/C15H21BrN6O3/c1-10-15(16)12(3)21(19-10)7-4-6-17-14(23)5-8-20-11(2)13(9-18-20)22(24)25/h9H,4-8H2,1-3H3,(H,17,23). The van der Waals surface area contributed by atoms with Crippen molar-refractivity contribution in [3.8, 4) is 0 Å². The first kappa shape index (κ1) is 19.1. The molecule has 0 aliphatic carbocycles. The molecule has 0 saturated carbocycles. The van der Waals surface area contributed by atoms with Crippen molar-refractivity contribution in [1.82, 2.24) is 24.9 Å². The van der Waals surface area contributed by atoms with Crippen LogP contribution in [0.25, 0.3) is 0 Å². The van der Waals surface area contributed by atoms with E-state index in [1.807, 2.05) is 18.5 Å². The van der Waals surface area contributed by atoms with Gasteiger partial charge in [-0.25, -0.2) is 0 Å². The average molecular weight is 413 g/mol. The predicted molar refractivity (Wildman–Crippen MR) is 95.3 cm³/mol. The lowest BCUT2D eigenvalue weighted by molar-refractivity contribution is -0.385. The largest absolute Gasteiger partial charge is 0.356 e. The quantitative estimate of drug-likeness (QED) is 0.406. The second-order valence-corrected chi connectivity index (χ2v) is 6.55. The zero-order valence-electron chi connectivity index (χ0n) is 14.5. The molecule has 2 aromatic heterocycles. The van der Waals surface area contributed by atoms with Crippen molar-refractivity contribution in [3.05, 3.63) is 37.9 Å². The number of amides is 1. The average Bonchev–Trinajstić information content (AvgIpc) is 3.05. The predicted octanol–water partition coefficient (Wildman–Crippen LogP) is 2.27. The van der Waals surface area contributed by atoms with Gasteiger partial charge in [-0.3, -0.25) is 24.3 Å². The third-order valence-corrected chi connectivity index (χ3v) is 5.13. The molecule has 136 valence electrons. The highest BCUT2D eigenvalue weighted by Gasteiger charge is 2.16. The van der Waals surface area contributed by atoms with Gasteiger partial charge in [0, 0.05) is 25.2 Å². The number of nitrogens with one attached hydrogen (secondary N) is 1. The van der Waals surface area contributed by atoms with Crippen LogP contribution in [0, 0.1) is 30.9 Å². The summed E-state index contributed by atoms with van der Waals surface area (Å²) in [6.07, 6.45) is 2.21. The fourth-order valence-electron chi connectivity index (χ4n) is 2.49. The lowest BCUT2D eigenvalue weighted by Crippen LogP contribution is -2.26. The highest BCUT2D eigenvalue weighted by atomic mass is 79.9. The summed E-state index contributed by atoms with van der Waals surface area (Å²) in [7, 11) is 0. The number of aryl methyl sites for hydroxylation is 3. The number of carbonyl (C=O) groups excluding carboxylic acids is 1. The zero-order valence-corrected chi connectivity index (χ0v) is 16.0. The number of carbonyl (C=O) groups is 1. The maximum absolute atomic E-state index is 11.9. The molecule has 0 aromatic carbocycles. The molecular weight excluding hydrogens is 392 g/mol. The molecule has 1 amide bonds. The molecule has 9 nitrogen and oxygen atoms in total. The first-order valence-corrected chi connectivity index (χ1v) is 8.73. The second-order valence-electron chi connectivity index (χ2n) is 5.76. The molecule has 1 N–H and O–H groups in total. The number of hydrogen-bond acceptors (Lipinski definition) is 5. The van der Waals surface area contributed by atoms with Crippen molar-refractivity contribution in [2.45, 2.75) is 46.7 Å². The summed E-state index contributed by atoms with van der Waals surface area (Å²) in [5, 5.41) is 22.0. The Morgan fingerprint density at radius 2 is 2.00 bits per heavy atom. The first-order chi connectivity index (χ1) is 11.8. The van der Waals surface area contributed by atoms with Gasteiger partial charge in [-0.1, -0.05) is 0 Å². The third-order valence-electron chi connectivity index (χ3n) is 3.99. The minimum atomic E-state index is -0.476. The van der Waals surface area contributed by atoms with E-state index in [0.717, 1.165) is 28.8 Å². The van der Waals surface area contributed by atoms with Crippen LogP contribution in [-0.4, -0.2) is 36.9 Å². The minimum Gasteiger partial charge on any atom is -0.356 e. The molecule has 0 bridgehead atoms. The summed E-state index contributed by atoms with van der Waals surface area (Å²) < 4.78 is 4.41. The highest BCUT2D eigenvalue weighted by Crippen LogP contribution is 2.19. The van der Waals surface area contributed by atoms with Gasteiger partial charge >= 0.3 is 5.69 Å². The van der Waals surface area contributed by atoms with Crippen LogP contribution in [-0.2, 0) is 17.9 Å². The van der Waals surface area contributed by atoms with E-state index in [2.05, 4.69) is 31.4 Å². The summed E-state index contributed by atoms with van der Waals surface area (Å²) in [4.78, 5) is 22.2. The Balaban J connectivity index is 1.72. The summed E-state index contributed by atoms with van der Waals surface area (Å²) in [5.41, 5.74) is 2.44. The number of aromatic nitrogens is 4. The summed E-state index contributed by atoms with van der Waals surface area (Å²) in [6.45, 7) is 7.15. The van der Waals surface area contributed by atoms with Gasteiger partial charge < -0.3 is 5.32 Å². The fraction of sp³-hybridized carbons (Fsp3) is 0.533. The molecule has 2 aromatic rings. The van der Waals surface area contributed by atoms with E-state index in [1.54, 1.807) is 6.92 Å². The van der Waals surface area contributed by atoms with Crippen molar-refractivity contribution in [2.24, 2.45) is 0 Å². The van der Waals surface area contributed by atoms with Crippen molar-refractivity contribution >= 4 is 27.5 Å². The number of hydrogen-bond donors (Lipinski definition) is 1. The molecule has 2 rings (SSSR count). The smallest absolute Gasteiger partial charge is 0.309 e. The summed E-state index contributed by atoms with van der Waals surface area (Å²) >= 11 is 3.49. The molecule has 2 heterocycles. The van der Waals surface area contributed by atoms with E-state index < -0.39 is 4.92 Å². The van der Waals surface area contributed by atoms with Gasteiger partial charge in [0.1, 0.15) is 11.9 Å². The van der Waals surface area contributed by atoms with Crippen LogP contribution in [0.3, 0.4) is 0 Å². The van der Waals surface area contributed by atoms with Crippen LogP contribution in [0.5, 0.6) is 0 Å². The third kappa shape index (κ3) is 4.65. The topological polar surface area (TPSA) is 108 Å². The van der Waals surface area contributed by atoms with E-state index in [-0.39, 0.29) is 18.0 Å². The van der Waals surface area contributed by atoms with Crippen molar-refractivity contribution < 1.29 is 9.72 Å². The second kappa shape index (κ2) is 8.24. The van der Waals surface area contributed by atoms with E-state index in [1.165, 1.54) is 10.9 Å². The van der Waals surface area contributed by atoms with E-state index in [0.29, 0.717) is 18.8 Å². The van der Waals surface area contributed by atoms with Crippen LogP contribution in [0.15, 0.2) is 10.7 Å². The van der Waals surface area contributed by atoms with Gasteiger partial charge in [-0.05, 0) is 43.1 Å². The van der Waals surface area contributed by atoms with Crippen LogP contribution < -0.4 is 5.32 Å². The van der Waals surface area contributed by atoms with Gasteiger partial charge in [0.25, 0.3) is 0 Å². The SMILES string of the molecule is Cc1nn(CCCNC(=O)CCn2ncc([N+](=O)[O-])c2C)c(C)c1Br. The molecule has 0 saturated heterocycles. The Labute approximate surface area is 153 Å². The molecule has 0 fully saturated rings. The van der Waals surface area contributed by atoms with E-state index in [4.69, 9.17) is 0 Å². The van der Waals surface area contributed by atoms with Gasteiger partial charge in [0.05, 0.1) is 21.6 Å². The molecule has 0 atom stereocenters. The Hall–Kier alpha value is -2.23. The molecule has 25 heavy (non-hydrogen) atoms. The van der Waals surface area contributed by atoms with Crippen molar-refractivity contribution in [3.63, 3.8) is 0 Å². The Morgan fingerprint density at radius 3 is 2.56 bits per heavy atom. The molecule has 0 aliphatic rings. The highest BCUT2D eigenvalue weighted by molar-refractivity contribution is 9.10. The maximum Gasteiger partial charge on any atom is 0.309 e. The number of halogens is 1. The number of rotatable bonds is 8. The molecule has 0 aliphatic heterocycles. The monoisotopic (exact) mass is 412 g/mol. The molecule has 0 unspecified atom stereocenters. The first-order valence-electron chi connectivity index (χ1n) is 7.94. The maximum atomic E-state index is 11.9. The Morgan fingerprint density at radius 1 is 1.28 bits per heavy atom. The zero-order chi connectivity index (χ0) is 18.6. The van der Waals surface area contributed by atoms with Crippen LogP contribution in [0.4, 0.5) is 5.69 Å².